The summed E-state index contributed by atoms with van der Waals surface area (Å²) in [5, 5.41) is 0. The van der Waals surface area contributed by atoms with Crippen LogP contribution in [-0.4, -0.2) is 0 Å². The van der Waals surface area contributed by atoms with Crippen molar-refractivity contribution in [2.45, 2.75) is 18.3 Å². The van der Waals surface area contributed by atoms with E-state index in [0.29, 0.717) is 0 Å². The topological polar surface area (TPSA) is 26.0 Å². The van der Waals surface area contributed by atoms with Gasteiger partial charge in [-0.2, -0.15) is 0 Å². The third kappa shape index (κ3) is 1.97. The van der Waals surface area contributed by atoms with Gasteiger partial charge in [0.15, 0.2) is 0 Å². The molecular formula is C25H21N. The Balaban J connectivity index is 1.95. The van der Waals surface area contributed by atoms with E-state index in [1.54, 1.807) is 0 Å². The van der Waals surface area contributed by atoms with Crippen molar-refractivity contribution in [3.8, 4) is 11.1 Å². The largest absolute Gasteiger partial charge is 0.399 e. The molecule has 0 saturated heterocycles. The molecule has 5 rings (SSSR count). The van der Waals surface area contributed by atoms with Crippen LogP contribution in [0.1, 0.15) is 29.5 Å². The van der Waals surface area contributed by atoms with E-state index in [1.165, 1.54) is 33.4 Å². The average molecular weight is 335 g/mol. The Hall–Kier alpha value is -3.06. The number of fused-ring (bicyclic) bond motifs is 3. The summed E-state index contributed by atoms with van der Waals surface area (Å²) >= 11 is 0. The molecule has 0 heterocycles. The Labute approximate surface area is 154 Å². The lowest BCUT2D eigenvalue weighted by atomic mass is 9.66. The van der Waals surface area contributed by atoms with Crippen LogP contribution in [0.3, 0.4) is 0 Å². The number of nitrogens with two attached hydrogens (primary N) is 1. The summed E-state index contributed by atoms with van der Waals surface area (Å²) < 4.78 is 0. The van der Waals surface area contributed by atoms with Gasteiger partial charge >= 0.3 is 0 Å². The molecule has 1 heteroatoms. The Kier molecular flexibility index (Phi) is 3.36. The third-order valence-corrected chi connectivity index (χ3v) is 5.70. The highest BCUT2D eigenvalue weighted by Gasteiger charge is 2.46. The molecule has 0 amide bonds. The van der Waals surface area contributed by atoms with E-state index in [0.717, 1.165) is 18.5 Å². The van der Waals surface area contributed by atoms with Crippen molar-refractivity contribution in [1.82, 2.24) is 0 Å². The van der Waals surface area contributed by atoms with Gasteiger partial charge in [-0.3, -0.25) is 0 Å². The lowest BCUT2D eigenvalue weighted by Gasteiger charge is -2.35. The van der Waals surface area contributed by atoms with E-state index in [9.17, 15) is 0 Å². The SMILES string of the molecule is Nc1ccc2c(c1)C(C1=CCCC=C1)(c1ccccc1)c1ccccc1-2. The summed E-state index contributed by atoms with van der Waals surface area (Å²) in [6.07, 6.45) is 9.21. The van der Waals surface area contributed by atoms with Crippen molar-refractivity contribution in [1.29, 1.82) is 0 Å². The number of nitrogen functional groups attached to an aromatic ring is 1. The molecule has 0 bridgehead atoms. The summed E-state index contributed by atoms with van der Waals surface area (Å²) in [6, 6.07) is 26.0. The second-order valence-electron chi connectivity index (χ2n) is 7.11. The molecule has 0 spiro atoms. The van der Waals surface area contributed by atoms with Crippen molar-refractivity contribution < 1.29 is 0 Å². The zero-order chi connectivity index (χ0) is 17.6. The molecule has 0 fully saturated rings. The first-order valence-corrected chi connectivity index (χ1v) is 9.24. The predicted octanol–water partition coefficient (Wildman–Crippen LogP) is 5.86. The van der Waals surface area contributed by atoms with Crippen molar-refractivity contribution in [2.75, 3.05) is 5.73 Å². The Morgan fingerprint density at radius 1 is 0.731 bits per heavy atom. The van der Waals surface area contributed by atoms with Crippen LogP contribution < -0.4 is 5.73 Å². The maximum absolute atomic E-state index is 6.26. The Bertz CT molecular complexity index is 1040. The van der Waals surface area contributed by atoms with E-state index in [-0.39, 0.29) is 5.41 Å². The summed E-state index contributed by atoms with van der Waals surface area (Å²) in [6.45, 7) is 0. The third-order valence-electron chi connectivity index (χ3n) is 5.70. The van der Waals surface area contributed by atoms with Crippen LogP contribution >= 0.6 is 0 Å². The van der Waals surface area contributed by atoms with Crippen LogP contribution in [0, 0.1) is 0 Å². The standard InChI is InChI=1S/C25H21N/c26-20-15-16-22-21-13-7-8-14-23(21)25(24(22)17-20,18-9-3-1-4-10-18)19-11-5-2-6-12-19/h1,3-5,7-17H,2,6,26H2. The van der Waals surface area contributed by atoms with Crippen LogP contribution in [0.5, 0.6) is 0 Å². The Morgan fingerprint density at radius 2 is 1.50 bits per heavy atom. The molecule has 0 radical (unpaired) electrons. The molecule has 1 nitrogen and oxygen atoms in total. The number of hydrogen-bond acceptors (Lipinski definition) is 1. The number of rotatable bonds is 2. The van der Waals surface area contributed by atoms with Crippen LogP contribution in [-0.2, 0) is 5.41 Å². The van der Waals surface area contributed by atoms with Crippen molar-refractivity contribution >= 4 is 5.69 Å². The van der Waals surface area contributed by atoms with Gasteiger partial charge in [0.25, 0.3) is 0 Å². The number of benzene rings is 3. The van der Waals surface area contributed by atoms with Gasteiger partial charge in [-0.1, -0.05) is 78.9 Å². The monoisotopic (exact) mass is 335 g/mol. The van der Waals surface area contributed by atoms with Gasteiger partial charge < -0.3 is 5.73 Å². The fraction of sp³-hybridized carbons (Fsp3) is 0.120. The quantitative estimate of drug-likeness (QED) is 0.583. The predicted molar refractivity (Wildman–Crippen MR) is 109 cm³/mol. The molecule has 3 aromatic carbocycles. The van der Waals surface area contributed by atoms with Gasteiger partial charge in [-0.05, 0) is 58.4 Å². The molecule has 0 aromatic heterocycles. The second kappa shape index (κ2) is 5.74. The van der Waals surface area contributed by atoms with Gasteiger partial charge in [0.2, 0.25) is 0 Å². The van der Waals surface area contributed by atoms with Gasteiger partial charge in [-0.25, -0.2) is 0 Å². The van der Waals surface area contributed by atoms with Gasteiger partial charge in [-0.15, -0.1) is 0 Å². The highest BCUT2D eigenvalue weighted by Crippen LogP contribution is 2.57. The molecule has 2 N–H and O–H groups in total. The molecule has 26 heavy (non-hydrogen) atoms. The molecule has 2 aliphatic rings. The van der Waals surface area contributed by atoms with Crippen molar-refractivity contribution in [3.63, 3.8) is 0 Å². The highest BCUT2D eigenvalue weighted by molar-refractivity contribution is 5.87. The molecule has 2 aliphatic carbocycles. The highest BCUT2D eigenvalue weighted by atomic mass is 14.6. The molecule has 3 aromatic rings. The number of allylic oxidation sites excluding steroid dienone is 4. The zero-order valence-corrected chi connectivity index (χ0v) is 14.7. The van der Waals surface area contributed by atoms with E-state index in [1.807, 2.05) is 6.07 Å². The zero-order valence-electron chi connectivity index (χ0n) is 14.7. The minimum atomic E-state index is -0.292. The minimum Gasteiger partial charge on any atom is -0.399 e. The van der Waals surface area contributed by atoms with E-state index in [2.05, 4.69) is 85.0 Å². The minimum absolute atomic E-state index is 0.292. The first-order valence-electron chi connectivity index (χ1n) is 9.24. The van der Waals surface area contributed by atoms with Crippen LogP contribution in [0.2, 0.25) is 0 Å². The summed E-state index contributed by atoms with van der Waals surface area (Å²) in [4.78, 5) is 0. The first-order chi connectivity index (χ1) is 12.8. The number of anilines is 1. The van der Waals surface area contributed by atoms with Gasteiger partial charge in [0, 0.05) is 5.69 Å². The molecular weight excluding hydrogens is 314 g/mol. The summed E-state index contributed by atoms with van der Waals surface area (Å²) in [7, 11) is 0. The summed E-state index contributed by atoms with van der Waals surface area (Å²) in [5.74, 6) is 0. The van der Waals surface area contributed by atoms with Crippen LogP contribution in [0.4, 0.5) is 5.69 Å². The average Bonchev–Trinajstić information content (AvgIpc) is 3.00. The van der Waals surface area contributed by atoms with Crippen molar-refractivity contribution in [3.05, 3.63) is 113 Å². The van der Waals surface area contributed by atoms with Crippen LogP contribution in [0.15, 0.2) is 96.6 Å². The maximum Gasteiger partial charge on any atom is 0.0711 e. The lowest BCUT2D eigenvalue weighted by molar-refractivity contribution is 0.752. The smallest absolute Gasteiger partial charge is 0.0711 e. The fourth-order valence-corrected chi connectivity index (χ4v) is 4.67. The van der Waals surface area contributed by atoms with Gasteiger partial charge in [0.05, 0.1) is 5.41 Å². The van der Waals surface area contributed by atoms with Gasteiger partial charge in [0.1, 0.15) is 0 Å². The summed E-state index contributed by atoms with van der Waals surface area (Å²) in [5.41, 5.74) is 14.7. The first kappa shape index (κ1) is 15.2. The van der Waals surface area contributed by atoms with Crippen LogP contribution in [0.25, 0.3) is 11.1 Å². The molecule has 0 aliphatic heterocycles. The lowest BCUT2D eigenvalue weighted by Crippen LogP contribution is -2.29. The van der Waals surface area contributed by atoms with E-state index in [4.69, 9.17) is 5.73 Å². The Morgan fingerprint density at radius 3 is 2.31 bits per heavy atom. The number of hydrogen-bond donors (Lipinski definition) is 1. The maximum atomic E-state index is 6.26. The normalized spacial score (nSPS) is 20.4. The van der Waals surface area contributed by atoms with Crippen molar-refractivity contribution in [2.24, 2.45) is 0 Å². The van der Waals surface area contributed by atoms with E-state index >= 15 is 0 Å². The fourth-order valence-electron chi connectivity index (χ4n) is 4.67. The molecule has 0 saturated carbocycles. The molecule has 126 valence electrons. The molecule has 1 unspecified atom stereocenters. The van der Waals surface area contributed by atoms with E-state index < -0.39 is 0 Å². The second-order valence-corrected chi connectivity index (χ2v) is 7.11. The molecule has 1 atom stereocenters.